The van der Waals surface area contributed by atoms with Crippen molar-refractivity contribution in [2.24, 2.45) is 0 Å². The third-order valence-corrected chi connectivity index (χ3v) is 2.02. The van der Waals surface area contributed by atoms with Gasteiger partial charge >= 0.3 is 0 Å². The Kier molecular flexibility index (Phi) is 2.33. The highest BCUT2D eigenvalue weighted by atomic mass is 19.1. The fraction of sp³-hybridized carbons (Fsp3) is 0.0909. The van der Waals surface area contributed by atoms with Crippen LogP contribution in [0.1, 0.15) is 15.9 Å². The van der Waals surface area contributed by atoms with Crippen molar-refractivity contribution in [2.75, 3.05) is 0 Å². The van der Waals surface area contributed by atoms with Crippen LogP contribution in [0, 0.1) is 12.7 Å². The summed E-state index contributed by atoms with van der Waals surface area (Å²) in [7, 11) is 0. The van der Waals surface area contributed by atoms with Gasteiger partial charge in [-0.25, -0.2) is 9.07 Å². The monoisotopic (exact) mass is 204 g/mol. The molecule has 0 radical (unpaired) electrons. The van der Waals surface area contributed by atoms with Gasteiger partial charge in [0, 0.05) is 11.8 Å². The van der Waals surface area contributed by atoms with Crippen LogP contribution in [0.3, 0.4) is 0 Å². The van der Waals surface area contributed by atoms with Crippen LogP contribution in [0.25, 0.3) is 5.69 Å². The third kappa shape index (κ3) is 1.93. The summed E-state index contributed by atoms with van der Waals surface area (Å²) >= 11 is 0. The van der Waals surface area contributed by atoms with Crippen molar-refractivity contribution in [2.45, 2.75) is 6.92 Å². The molecule has 0 spiro atoms. The van der Waals surface area contributed by atoms with E-state index in [1.807, 2.05) is 6.92 Å². The van der Waals surface area contributed by atoms with Gasteiger partial charge in [-0.3, -0.25) is 4.79 Å². The van der Waals surface area contributed by atoms with Crippen LogP contribution in [0.2, 0.25) is 0 Å². The van der Waals surface area contributed by atoms with Crippen molar-refractivity contribution in [3.05, 3.63) is 47.5 Å². The van der Waals surface area contributed by atoms with E-state index in [1.54, 1.807) is 18.5 Å². The SMILES string of the molecule is Cc1cnn(-c2cc(F)cc(C=O)c2)c1. The average molecular weight is 204 g/mol. The van der Waals surface area contributed by atoms with Crippen LogP contribution in [0.5, 0.6) is 0 Å². The Hall–Kier alpha value is -1.97. The quantitative estimate of drug-likeness (QED) is 0.702. The topological polar surface area (TPSA) is 34.9 Å². The van der Waals surface area contributed by atoms with Gasteiger partial charge in [-0.1, -0.05) is 0 Å². The first kappa shape index (κ1) is 9.58. The number of carbonyl (C=O) groups excluding carboxylic acids is 1. The minimum atomic E-state index is -0.442. The summed E-state index contributed by atoms with van der Waals surface area (Å²) < 4.78 is 14.6. The Balaban J connectivity index is 2.52. The van der Waals surface area contributed by atoms with E-state index in [2.05, 4.69) is 5.10 Å². The number of aromatic nitrogens is 2. The van der Waals surface area contributed by atoms with Gasteiger partial charge in [-0.2, -0.15) is 5.10 Å². The maximum Gasteiger partial charge on any atom is 0.150 e. The third-order valence-electron chi connectivity index (χ3n) is 2.02. The average Bonchev–Trinajstić information content (AvgIpc) is 2.64. The van der Waals surface area contributed by atoms with E-state index in [9.17, 15) is 9.18 Å². The van der Waals surface area contributed by atoms with E-state index in [-0.39, 0.29) is 0 Å². The summed E-state index contributed by atoms with van der Waals surface area (Å²) in [6, 6.07) is 4.11. The normalized spacial score (nSPS) is 10.3. The summed E-state index contributed by atoms with van der Waals surface area (Å²) in [5, 5.41) is 4.04. The number of halogens is 1. The Bertz CT molecular complexity index is 505. The molecule has 3 nitrogen and oxygen atoms in total. The molecule has 4 heteroatoms. The Morgan fingerprint density at radius 1 is 1.40 bits per heavy atom. The van der Waals surface area contributed by atoms with E-state index in [0.29, 0.717) is 17.5 Å². The van der Waals surface area contributed by atoms with Gasteiger partial charge in [0.25, 0.3) is 0 Å². The summed E-state index contributed by atoms with van der Waals surface area (Å²) in [5.41, 5.74) is 1.83. The van der Waals surface area contributed by atoms with Crippen molar-refractivity contribution in [1.29, 1.82) is 0 Å². The van der Waals surface area contributed by atoms with E-state index in [4.69, 9.17) is 0 Å². The van der Waals surface area contributed by atoms with Gasteiger partial charge in [-0.05, 0) is 30.7 Å². The minimum absolute atomic E-state index is 0.304. The van der Waals surface area contributed by atoms with Crippen LogP contribution in [-0.2, 0) is 0 Å². The lowest BCUT2D eigenvalue weighted by Gasteiger charge is -2.02. The van der Waals surface area contributed by atoms with Crippen molar-refractivity contribution < 1.29 is 9.18 Å². The standard InChI is InChI=1S/C11H9FN2O/c1-8-5-13-14(6-8)11-3-9(7-15)2-10(12)4-11/h2-7H,1H3. The lowest BCUT2D eigenvalue weighted by molar-refractivity contribution is 0.112. The molecule has 2 aromatic rings. The van der Waals surface area contributed by atoms with Crippen LogP contribution in [0.4, 0.5) is 4.39 Å². The molecule has 0 N–H and O–H groups in total. The van der Waals surface area contributed by atoms with Crippen molar-refractivity contribution in [3.63, 3.8) is 0 Å². The lowest BCUT2D eigenvalue weighted by atomic mass is 10.2. The highest BCUT2D eigenvalue weighted by Gasteiger charge is 2.03. The second-order valence-corrected chi connectivity index (χ2v) is 3.32. The molecule has 1 aromatic carbocycles. The fourth-order valence-electron chi connectivity index (χ4n) is 1.35. The molecule has 15 heavy (non-hydrogen) atoms. The molecule has 0 aliphatic rings. The molecule has 0 saturated carbocycles. The van der Waals surface area contributed by atoms with Crippen molar-refractivity contribution >= 4 is 6.29 Å². The maximum absolute atomic E-state index is 13.1. The minimum Gasteiger partial charge on any atom is -0.298 e. The number of benzene rings is 1. The first-order chi connectivity index (χ1) is 7.19. The maximum atomic E-state index is 13.1. The second-order valence-electron chi connectivity index (χ2n) is 3.32. The molecule has 0 aliphatic heterocycles. The number of hydrogen-bond donors (Lipinski definition) is 0. The lowest BCUT2D eigenvalue weighted by Crippen LogP contribution is -1.96. The number of carbonyl (C=O) groups is 1. The Labute approximate surface area is 86.2 Å². The summed E-state index contributed by atoms with van der Waals surface area (Å²) in [5.74, 6) is -0.442. The summed E-state index contributed by atoms with van der Waals surface area (Å²) in [6.45, 7) is 1.89. The fourth-order valence-corrected chi connectivity index (χ4v) is 1.35. The van der Waals surface area contributed by atoms with Crippen molar-refractivity contribution in [1.82, 2.24) is 9.78 Å². The zero-order chi connectivity index (χ0) is 10.8. The molecule has 76 valence electrons. The molecule has 0 bridgehead atoms. The highest BCUT2D eigenvalue weighted by molar-refractivity contribution is 5.75. The van der Waals surface area contributed by atoms with E-state index >= 15 is 0 Å². The number of rotatable bonds is 2. The Morgan fingerprint density at radius 3 is 2.80 bits per heavy atom. The highest BCUT2D eigenvalue weighted by Crippen LogP contribution is 2.12. The number of nitrogens with zero attached hydrogens (tertiary/aromatic N) is 2. The van der Waals surface area contributed by atoms with Crippen LogP contribution in [-0.4, -0.2) is 16.1 Å². The molecule has 0 aliphatic carbocycles. The largest absolute Gasteiger partial charge is 0.298 e. The molecule has 0 unspecified atom stereocenters. The van der Waals surface area contributed by atoms with Gasteiger partial charge in [0.05, 0.1) is 11.9 Å². The Morgan fingerprint density at radius 2 is 2.20 bits per heavy atom. The summed E-state index contributed by atoms with van der Waals surface area (Å²) in [6.07, 6.45) is 4.05. The first-order valence-corrected chi connectivity index (χ1v) is 4.46. The van der Waals surface area contributed by atoms with Gasteiger partial charge in [0.2, 0.25) is 0 Å². The second kappa shape index (κ2) is 3.65. The van der Waals surface area contributed by atoms with E-state index < -0.39 is 5.82 Å². The molecular formula is C11H9FN2O. The molecule has 0 fully saturated rings. The van der Waals surface area contributed by atoms with Gasteiger partial charge in [0.1, 0.15) is 12.1 Å². The van der Waals surface area contributed by atoms with Crippen LogP contribution < -0.4 is 0 Å². The first-order valence-electron chi connectivity index (χ1n) is 4.46. The molecular weight excluding hydrogens is 195 g/mol. The molecule has 0 amide bonds. The van der Waals surface area contributed by atoms with Gasteiger partial charge < -0.3 is 0 Å². The van der Waals surface area contributed by atoms with E-state index in [1.165, 1.54) is 16.8 Å². The zero-order valence-corrected chi connectivity index (χ0v) is 8.14. The molecule has 1 aromatic heterocycles. The number of aryl methyl sites for hydroxylation is 1. The zero-order valence-electron chi connectivity index (χ0n) is 8.14. The summed E-state index contributed by atoms with van der Waals surface area (Å²) in [4.78, 5) is 10.6. The molecule has 1 heterocycles. The predicted octanol–water partition coefficient (Wildman–Crippen LogP) is 2.13. The smallest absolute Gasteiger partial charge is 0.150 e. The molecule has 2 rings (SSSR count). The van der Waals surface area contributed by atoms with Gasteiger partial charge in [-0.15, -0.1) is 0 Å². The molecule has 0 saturated heterocycles. The van der Waals surface area contributed by atoms with E-state index in [0.717, 1.165) is 5.56 Å². The van der Waals surface area contributed by atoms with Crippen molar-refractivity contribution in [3.8, 4) is 5.69 Å². The van der Waals surface area contributed by atoms with Crippen LogP contribution in [0.15, 0.2) is 30.6 Å². The van der Waals surface area contributed by atoms with Crippen LogP contribution >= 0.6 is 0 Å². The predicted molar refractivity (Wildman–Crippen MR) is 53.6 cm³/mol. The van der Waals surface area contributed by atoms with Gasteiger partial charge in [0.15, 0.2) is 0 Å². The number of aldehydes is 1. The molecule has 0 atom stereocenters. The number of hydrogen-bond acceptors (Lipinski definition) is 2.